The summed E-state index contributed by atoms with van der Waals surface area (Å²) >= 11 is 5.55. The Morgan fingerprint density at radius 1 is 1.12 bits per heavy atom. The maximum Gasteiger partial charge on any atom is 0.200 e. The van der Waals surface area contributed by atoms with Gasteiger partial charge in [0, 0.05) is 9.14 Å². The van der Waals surface area contributed by atoms with Crippen LogP contribution in [0.5, 0.6) is 0 Å². The molecule has 0 amide bonds. The molecule has 3 rings (SSSR count). The quantitative estimate of drug-likeness (QED) is 0.619. The van der Waals surface area contributed by atoms with Crippen LogP contribution in [0.25, 0.3) is 11.6 Å². The third-order valence-electron chi connectivity index (χ3n) is 2.75. The van der Waals surface area contributed by atoms with E-state index in [-0.39, 0.29) is 5.78 Å². The van der Waals surface area contributed by atoms with Gasteiger partial charge >= 0.3 is 0 Å². The highest BCUT2D eigenvalue weighted by molar-refractivity contribution is 14.1. The number of rotatable bonds is 0. The maximum atomic E-state index is 11.9. The van der Waals surface area contributed by atoms with Crippen molar-refractivity contribution < 1.29 is 4.79 Å². The van der Waals surface area contributed by atoms with E-state index in [0.717, 1.165) is 22.3 Å². The molecule has 0 fully saturated rings. The number of hydrogen-bond acceptors (Lipinski definition) is 1. The van der Waals surface area contributed by atoms with Gasteiger partial charge in [-0.2, -0.15) is 0 Å². The van der Waals surface area contributed by atoms with Gasteiger partial charge in [0.15, 0.2) is 0 Å². The fourth-order valence-electron chi connectivity index (χ4n) is 2.00. The van der Waals surface area contributed by atoms with E-state index >= 15 is 0 Å². The van der Waals surface area contributed by atoms with Crippen LogP contribution in [-0.2, 0) is 4.79 Å². The molecule has 0 saturated heterocycles. The highest BCUT2D eigenvalue weighted by atomic mass is 127. The molecule has 78 valence electrons. The second-order valence-corrected chi connectivity index (χ2v) is 5.81. The van der Waals surface area contributed by atoms with Gasteiger partial charge in [-0.15, -0.1) is 0 Å². The standard InChI is InChI=1S/C13H6BrIO/c14-12-4-3-10-9-2-1-8(15)5-7(9)6-11(10)13(12)16/h1-6H. The van der Waals surface area contributed by atoms with Crippen molar-refractivity contribution in [3.05, 3.63) is 55.1 Å². The molecule has 0 heterocycles. The number of halogens is 2. The van der Waals surface area contributed by atoms with Crippen LogP contribution in [-0.4, -0.2) is 5.78 Å². The molecule has 0 aliphatic heterocycles. The third kappa shape index (κ3) is 1.45. The molecule has 2 aliphatic rings. The average Bonchev–Trinajstić information content (AvgIpc) is 2.62. The van der Waals surface area contributed by atoms with Gasteiger partial charge in [0.1, 0.15) is 0 Å². The van der Waals surface area contributed by atoms with Gasteiger partial charge in [0.05, 0.1) is 4.48 Å². The van der Waals surface area contributed by atoms with Gasteiger partial charge in [-0.25, -0.2) is 0 Å². The average molecular weight is 385 g/mol. The molecule has 0 N–H and O–H groups in total. The molecule has 0 atom stereocenters. The lowest BCUT2D eigenvalue weighted by atomic mass is 9.96. The van der Waals surface area contributed by atoms with E-state index in [1.54, 1.807) is 0 Å². The van der Waals surface area contributed by atoms with Gasteiger partial charge in [0.2, 0.25) is 5.78 Å². The first-order chi connectivity index (χ1) is 7.66. The number of Topliss-reactive ketones (excluding diaryl/α,β-unsaturated/α-hetero) is 1. The molecule has 0 aromatic heterocycles. The zero-order valence-corrected chi connectivity index (χ0v) is 11.9. The van der Waals surface area contributed by atoms with Crippen LogP contribution < -0.4 is 0 Å². The van der Waals surface area contributed by atoms with Crippen molar-refractivity contribution in [1.82, 2.24) is 0 Å². The summed E-state index contributed by atoms with van der Waals surface area (Å²) in [4.78, 5) is 11.9. The SMILES string of the molecule is O=C1C(Br)=CC=C2C1=Cc1cc(I)ccc12. The predicted octanol–water partition coefficient (Wildman–Crippen LogP) is 3.93. The van der Waals surface area contributed by atoms with Crippen LogP contribution in [0.4, 0.5) is 0 Å². The van der Waals surface area contributed by atoms with E-state index < -0.39 is 0 Å². The van der Waals surface area contributed by atoms with E-state index in [1.807, 2.05) is 18.2 Å². The van der Waals surface area contributed by atoms with Crippen molar-refractivity contribution in [2.45, 2.75) is 0 Å². The minimum atomic E-state index is 0.0729. The van der Waals surface area contributed by atoms with E-state index in [0.29, 0.717) is 4.48 Å². The van der Waals surface area contributed by atoms with Gasteiger partial charge in [-0.05, 0) is 79.5 Å². The van der Waals surface area contributed by atoms with Crippen LogP contribution in [0, 0.1) is 3.57 Å². The Labute approximate surface area is 115 Å². The van der Waals surface area contributed by atoms with E-state index in [4.69, 9.17) is 0 Å². The molecule has 0 unspecified atom stereocenters. The number of fused-ring (bicyclic) bond motifs is 3. The number of ketones is 1. The molecule has 16 heavy (non-hydrogen) atoms. The number of allylic oxidation sites excluding steroid dienone is 5. The fraction of sp³-hybridized carbons (Fsp3) is 0. The van der Waals surface area contributed by atoms with Crippen molar-refractivity contribution in [3.8, 4) is 0 Å². The number of hydrogen-bond donors (Lipinski definition) is 0. The Hall–Kier alpha value is -0.680. The summed E-state index contributed by atoms with van der Waals surface area (Å²) < 4.78 is 1.82. The van der Waals surface area contributed by atoms with Gasteiger partial charge < -0.3 is 0 Å². The van der Waals surface area contributed by atoms with Crippen LogP contribution in [0.15, 0.2) is 40.4 Å². The Balaban J connectivity index is 2.24. The molecule has 0 spiro atoms. The second kappa shape index (κ2) is 3.67. The van der Waals surface area contributed by atoms with Crippen molar-refractivity contribution in [2.24, 2.45) is 0 Å². The van der Waals surface area contributed by atoms with Crippen LogP contribution >= 0.6 is 38.5 Å². The number of benzene rings is 1. The van der Waals surface area contributed by atoms with E-state index in [9.17, 15) is 4.79 Å². The molecule has 2 aliphatic carbocycles. The first-order valence-electron chi connectivity index (χ1n) is 4.81. The summed E-state index contributed by atoms with van der Waals surface area (Å²) in [6.07, 6.45) is 5.79. The molecule has 0 bridgehead atoms. The largest absolute Gasteiger partial charge is 0.288 e. The summed E-state index contributed by atoms with van der Waals surface area (Å²) in [5.41, 5.74) is 4.13. The van der Waals surface area contributed by atoms with Crippen molar-refractivity contribution in [3.63, 3.8) is 0 Å². The summed E-state index contributed by atoms with van der Waals surface area (Å²) in [5.74, 6) is 0.0729. The summed E-state index contributed by atoms with van der Waals surface area (Å²) in [7, 11) is 0. The van der Waals surface area contributed by atoms with E-state index in [1.165, 1.54) is 3.57 Å². The topological polar surface area (TPSA) is 17.1 Å². The monoisotopic (exact) mass is 384 g/mol. The lowest BCUT2D eigenvalue weighted by molar-refractivity contribution is -0.111. The first kappa shape index (κ1) is 10.5. The fourth-order valence-corrected chi connectivity index (χ4v) is 2.87. The van der Waals surface area contributed by atoms with Crippen LogP contribution in [0.3, 0.4) is 0 Å². The molecular formula is C13H6BrIO. The molecule has 3 heteroatoms. The minimum absolute atomic E-state index is 0.0729. The van der Waals surface area contributed by atoms with E-state index in [2.05, 4.69) is 56.7 Å². The van der Waals surface area contributed by atoms with Crippen molar-refractivity contribution >= 4 is 56.0 Å². The lowest BCUT2D eigenvalue weighted by Crippen LogP contribution is -2.04. The second-order valence-electron chi connectivity index (χ2n) is 3.71. The molecule has 1 aromatic carbocycles. The first-order valence-corrected chi connectivity index (χ1v) is 6.68. The Morgan fingerprint density at radius 3 is 2.75 bits per heavy atom. The van der Waals surface area contributed by atoms with Crippen molar-refractivity contribution in [1.29, 1.82) is 0 Å². The Morgan fingerprint density at radius 2 is 1.94 bits per heavy atom. The molecule has 1 nitrogen and oxygen atoms in total. The summed E-state index contributed by atoms with van der Waals surface area (Å²) in [5, 5.41) is 0. The zero-order chi connectivity index (χ0) is 11.3. The zero-order valence-electron chi connectivity index (χ0n) is 8.13. The van der Waals surface area contributed by atoms with Gasteiger partial charge in [0.25, 0.3) is 0 Å². The summed E-state index contributed by atoms with van der Waals surface area (Å²) in [6, 6.07) is 6.24. The van der Waals surface area contributed by atoms with Gasteiger partial charge in [-0.1, -0.05) is 12.1 Å². The minimum Gasteiger partial charge on any atom is -0.288 e. The normalized spacial score (nSPS) is 17.4. The molecule has 0 saturated carbocycles. The molecule has 0 radical (unpaired) electrons. The highest BCUT2D eigenvalue weighted by Crippen LogP contribution is 2.40. The van der Waals surface area contributed by atoms with Gasteiger partial charge in [-0.3, -0.25) is 4.79 Å². The Kier molecular flexibility index (Phi) is 2.40. The third-order valence-corrected chi connectivity index (χ3v) is 4.05. The van der Waals surface area contributed by atoms with Crippen molar-refractivity contribution in [2.75, 3.05) is 0 Å². The Bertz CT molecular complexity index is 608. The smallest absolute Gasteiger partial charge is 0.200 e. The van der Waals surface area contributed by atoms with Crippen LogP contribution in [0.1, 0.15) is 11.1 Å². The summed E-state index contributed by atoms with van der Waals surface area (Å²) in [6.45, 7) is 0. The molecular weight excluding hydrogens is 379 g/mol. The lowest BCUT2D eigenvalue weighted by Gasteiger charge is -2.09. The predicted molar refractivity (Wildman–Crippen MR) is 77.1 cm³/mol. The molecule has 1 aromatic rings. The number of carbonyl (C=O) groups excluding carboxylic acids is 1. The van der Waals surface area contributed by atoms with Crippen LogP contribution in [0.2, 0.25) is 0 Å². The maximum absolute atomic E-state index is 11.9. The highest BCUT2D eigenvalue weighted by Gasteiger charge is 2.27. The number of carbonyl (C=O) groups is 1.